The number of rotatable bonds is 15. The number of nitrogens with one attached hydrogen (secondary N) is 2. The predicted molar refractivity (Wildman–Crippen MR) is 125 cm³/mol. The van der Waals surface area contributed by atoms with Gasteiger partial charge in [0.05, 0.1) is 0 Å². The van der Waals surface area contributed by atoms with Gasteiger partial charge >= 0.3 is 0 Å². The molecule has 2 aliphatic rings. The van der Waals surface area contributed by atoms with Crippen molar-refractivity contribution in [2.75, 3.05) is 13.1 Å². The third-order valence-corrected chi connectivity index (χ3v) is 7.17. The van der Waals surface area contributed by atoms with Gasteiger partial charge in [-0.1, -0.05) is 96.3 Å². The molecule has 0 spiro atoms. The Morgan fingerprint density at radius 2 is 1.00 bits per heavy atom. The van der Waals surface area contributed by atoms with E-state index in [9.17, 15) is 4.79 Å². The fraction of sp³-hybridized carbons (Fsp3) is 0.962. The number of carbonyl (C=O) groups is 1. The minimum Gasteiger partial charge on any atom is -0.356 e. The van der Waals surface area contributed by atoms with Crippen molar-refractivity contribution in [2.24, 2.45) is 5.92 Å². The van der Waals surface area contributed by atoms with Gasteiger partial charge in [-0.25, -0.2) is 0 Å². The zero-order chi connectivity index (χ0) is 20.4. The SMILES string of the molecule is O=C(NCCCCCCCCCCCCNC1CCCCCC1)C1CCCCC1. The quantitative estimate of drug-likeness (QED) is 0.229. The highest BCUT2D eigenvalue weighted by Crippen LogP contribution is 2.23. The van der Waals surface area contributed by atoms with Crippen molar-refractivity contribution < 1.29 is 4.79 Å². The molecule has 0 aromatic rings. The van der Waals surface area contributed by atoms with Gasteiger partial charge in [-0.3, -0.25) is 4.79 Å². The topological polar surface area (TPSA) is 41.1 Å². The summed E-state index contributed by atoms with van der Waals surface area (Å²) in [6, 6.07) is 0.818. The van der Waals surface area contributed by atoms with Crippen LogP contribution in [0.3, 0.4) is 0 Å². The molecule has 29 heavy (non-hydrogen) atoms. The number of amides is 1. The van der Waals surface area contributed by atoms with E-state index in [0.29, 0.717) is 11.8 Å². The first-order valence-electron chi connectivity index (χ1n) is 13.4. The largest absolute Gasteiger partial charge is 0.356 e. The molecule has 3 nitrogen and oxygen atoms in total. The van der Waals surface area contributed by atoms with E-state index in [1.54, 1.807) is 0 Å². The zero-order valence-electron chi connectivity index (χ0n) is 19.3. The van der Waals surface area contributed by atoms with E-state index >= 15 is 0 Å². The van der Waals surface area contributed by atoms with Gasteiger partial charge in [0.2, 0.25) is 5.91 Å². The fourth-order valence-corrected chi connectivity index (χ4v) is 5.17. The second-order valence-electron chi connectivity index (χ2n) is 9.80. The van der Waals surface area contributed by atoms with Crippen LogP contribution in [0.25, 0.3) is 0 Å². The van der Waals surface area contributed by atoms with Gasteiger partial charge in [0.1, 0.15) is 0 Å². The average molecular weight is 407 g/mol. The van der Waals surface area contributed by atoms with Crippen molar-refractivity contribution in [1.82, 2.24) is 10.6 Å². The molecular weight excluding hydrogens is 356 g/mol. The standard InChI is InChI=1S/C26H50N2O/c29-26(24-18-12-11-13-19-24)28-23-17-10-6-4-2-1-3-5-9-16-22-27-25-20-14-7-8-15-21-25/h24-25,27H,1-23H2,(H,28,29). The van der Waals surface area contributed by atoms with Crippen molar-refractivity contribution in [3.05, 3.63) is 0 Å². The van der Waals surface area contributed by atoms with E-state index in [0.717, 1.165) is 31.8 Å². The van der Waals surface area contributed by atoms with Crippen LogP contribution in [-0.2, 0) is 4.79 Å². The summed E-state index contributed by atoms with van der Waals surface area (Å²) < 4.78 is 0. The van der Waals surface area contributed by atoms with Crippen molar-refractivity contribution in [3.63, 3.8) is 0 Å². The summed E-state index contributed by atoms with van der Waals surface area (Å²) in [5.74, 6) is 0.644. The molecule has 0 heterocycles. The number of hydrogen-bond donors (Lipinski definition) is 2. The summed E-state index contributed by atoms with van der Waals surface area (Å²) >= 11 is 0. The molecule has 0 radical (unpaired) electrons. The van der Waals surface area contributed by atoms with Gasteiger partial charge in [0.25, 0.3) is 0 Å². The van der Waals surface area contributed by atoms with Crippen LogP contribution in [0.4, 0.5) is 0 Å². The fourth-order valence-electron chi connectivity index (χ4n) is 5.17. The number of unbranched alkanes of at least 4 members (excludes halogenated alkanes) is 9. The summed E-state index contributed by atoms with van der Waals surface area (Å²) in [6.07, 6.45) is 28.2. The van der Waals surface area contributed by atoms with Gasteiger partial charge in [-0.05, 0) is 45.1 Å². The Labute approximate surface area is 181 Å². The first-order chi connectivity index (χ1) is 14.4. The highest BCUT2D eigenvalue weighted by Gasteiger charge is 2.20. The first-order valence-corrected chi connectivity index (χ1v) is 13.4. The Morgan fingerprint density at radius 1 is 0.552 bits per heavy atom. The van der Waals surface area contributed by atoms with Crippen molar-refractivity contribution >= 4 is 5.91 Å². The van der Waals surface area contributed by atoms with Crippen LogP contribution in [0.1, 0.15) is 135 Å². The highest BCUT2D eigenvalue weighted by atomic mass is 16.1. The van der Waals surface area contributed by atoms with E-state index in [-0.39, 0.29) is 0 Å². The van der Waals surface area contributed by atoms with Crippen LogP contribution >= 0.6 is 0 Å². The molecule has 2 fully saturated rings. The maximum Gasteiger partial charge on any atom is 0.223 e. The summed E-state index contributed by atoms with van der Waals surface area (Å²) in [7, 11) is 0. The van der Waals surface area contributed by atoms with E-state index < -0.39 is 0 Å². The maximum absolute atomic E-state index is 12.1. The van der Waals surface area contributed by atoms with Crippen molar-refractivity contribution in [1.29, 1.82) is 0 Å². The molecule has 1 amide bonds. The minimum atomic E-state index is 0.316. The molecule has 0 unspecified atom stereocenters. The minimum absolute atomic E-state index is 0.316. The third-order valence-electron chi connectivity index (χ3n) is 7.17. The number of carbonyl (C=O) groups excluding carboxylic acids is 1. The molecule has 0 bridgehead atoms. The van der Waals surface area contributed by atoms with E-state index in [1.165, 1.54) is 122 Å². The smallest absolute Gasteiger partial charge is 0.223 e. The van der Waals surface area contributed by atoms with Crippen LogP contribution < -0.4 is 10.6 Å². The predicted octanol–water partition coefficient (Wildman–Crippen LogP) is 6.90. The second-order valence-corrected chi connectivity index (χ2v) is 9.80. The van der Waals surface area contributed by atoms with Gasteiger partial charge in [0.15, 0.2) is 0 Å². The van der Waals surface area contributed by atoms with E-state index in [4.69, 9.17) is 0 Å². The van der Waals surface area contributed by atoms with E-state index in [2.05, 4.69) is 10.6 Å². The highest BCUT2D eigenvalue weighted by molar-refractivity contribution is 5.78. The Bertz CT molecular complexity index is 384. The lowest BCUT2D eigenvalue weighted by Gasteiger charge is -2.20. The second kappa shape index (κ2) is 17.1. The molecule has 0 aromatic heterocycles. The Balaban J connectivity index is 1.26. The molecule has 2 aliphatic carbocycles. The third kappa shape index (κ3) is 12.7. The Morgan fingerprint density at radius 3 is 1.59 bits per heavy atom. The summed E-state index contributed by atoms with van der Waals surface area (Å²) in [4.78, 5) is 12.1. The van der Waals surface area contributed by atoms with Crippen LogP contribution in [0.2, 0.25) is 0 Å². The normalized spacial score (nSPS) is 19.2. The van der Waals surface area contributed by atoms with Gasteiger partial charge in [0, 0.05) is 18.5 Å². The van der Waals surface area contributed by atoms with Gasteiger partial charge in [-0.15, -0.1) is 0 Å². The zero-order valence-corrected chi connectivity index (χ0v) is 19.3. The van der Waals surface area contributed by atoms with Crippen LogP contribution in [0.5, 0.6) is 0 Å². The summed E-state index contributed by atoms with van der Waals surface area (Å²) in [5, 5.41) is 6.96. The first kappa shape index (κ1) is 24.7. The molecule has 2 N–H and O–H groups in total. The molecule has 0 aliphatic heterocycles. The van der Waals surface area contributed by atoms with Crippen LogP contribution in [0, 0.1) is 5.92 Å². The molecule has 3 heteroatoms. The van der Waals surface area contributed by atoms with Crippen molar-refractivity contribution in [3.8, 4) is 0 Å². The Kier molecular flexibility index (Phi) is 14.6. The van der Waals surface area contributed by atoms with Crippen molar-refractivity contribution in [2.45, 2.75) is 141 Å². The molecule has 0 aromatic carbocycles. The monoisotopic (exact) mass is 406 g/mol. The Hall–Kier alpha value is -0.570. The molecule has 2 rings (SSSR count). The lowest BCUT2D eigenvalue weighted by atomic mass is 9.88. The molecule has 0 saturated heterocycles. The lowest BCUT2D eigenvalue weighted by Crippen LogP contribution is -2.32. The molecule has 2 saturated carbocycles. The average Bonchev–Trinajstić information content (AvgIpc) is 3.03. The van der Waals surface area contributed by atoms with Gasteiger partial charge in [-0.2, -0.15) is 0 Å². The van der Waals surface area contributed by atoms with E-state index in [1.807, 2.05) is 0 Å². The summed E-state index contributed by atoms with van der Waals surface area (Å²) in [6.45, 7) is 2.13. The molecular formula is C26H50N2O. The molecule has 170 valence electrons. The number of hydrogen-bond acceptors (Lipinski definition) is 2. The van der Waals surface area contributed by atoms with Crippen LogP contribution in [0.15, 0.2) is 0 Å². The van der Waals surface area contributed by atoms with Crippen LogP contribution in [-0.4, -0.2) is 25.0 Å². The maximum atomic E-state index is 12.1. The summed E-state index contributed by atoms with van der Waals surface area (Å²) in [5.41, 5.74) is 0. The lowest BCUT2D eigenvalue weighted by molar-refractivity contribution is -0.125. The van der Waals surface area contributed by atoms with Gasteiger partial charge < -0.3 is 10.6 Å². The molecule has 0 atom stereocenters.